The van der Waals surface area contributed by atoms with Gasteiger partial charge in [0.1, 0.15) is 35.5 Å². The Morgan fingerprint density at radius 3 is 1.50 bits per heavy atom. The van der Waals surface area contributed by atoms with E-state index in [9.17, 15) is 18.4 Å². The van der Waals surface area contributed by atoms with Crippen LogP contribution in [-0.4, -0.2) is 11.9 Å². The van der Waals surface area contributed by atoms with Gasteiger partial charge in [-0.25, -0.2) is 8.78 Å². The number of benzene rings is 5. The van der Waals surface area contributed by atoms with E-state index in [1.165, 1.54) is 49.8 Å². The minimum absolute atomic E-state index is 0.00932. The monoisotopic (exact) mass is 700 g/mol. The molecule has 5 aromatic carbocycles. The van der Waals surface area contributed by atoms with E-state index in [2.05, 4.69) is 12.1 Å². The molecule has 0 heterocycles. The number of ether oxygens (including phenoxy) is 3. The number of halogens is 2. The molecule has 3 fully saturated rings. The molecule has 0 aliphatic heterocycles. The average molecular weight is 701 g/mol. The Labute approximate surface area is 303 Å². The lowest BCUT2D eigenvalue weighted by Crippen LogP contribution is -2.09. The van der Waals surface area contributed by atoms with Crippen LogP contribution in [0.2, 0.25) is 0 Å². The van der Waals surface area contributed by atoms with E-state index in [4.69, 9.17) is 14.2 Å². The van der Waals surface area contributed by atoms with Gasteiger partial charge in [-0.15, -0.1) is 0 Å². The molecule has 0 aromatic heterocycles. The van der Waals surface area contributed by atoms with Gasteiger partial charge >= 0.3 is 11.9 Å². The van der Waals surface area contributed by atoms with Gasteiger partial charge in [0.2, 0.25) is 0 Å². The maximum absolute atomic E-state index is 14.5. The number of carbonyl (C=O) groups excluding carboxylic acids is 2. The zero-order valence-electron chi connectivity index (χ0n) is 29.1. The molecule has 3 aliphatic rings. The Hall–Kier alpha value is -5.30. The molecule has 7 heteroatoms. The SMILES string of the molecule is O=C(Oc1ccc(-c2ccc(C3CCCCC3)cc2)c(F)c1)C1CC1.O=C(Oc1ccc(-c2ccc(OCc3ccccc3)cc2)c(F)c1)C1CC1. The molecule has 0 bridgehead atoms. The van der Waals surface area contributed by atoms with E-state index in [0.29, 0.717) is 23.7 Å². The van der Waals surface area contributed by atoms with Crippen LogP contribution in [0.5, 0.6) is 17.2 Å². The summed E-state index contributed by atoms with van der Waals surface area (Å²) in [4.78, 5) is 23.4. The van der Waals surface area contributed by atoms with Gasteiger partial charge in [0, 0.05) is 23.3 Å². The smallest absolute Gasteiger partial charge is 0.314 e. The predicted molar refractivity (Wildman–Crippen MR) is 197 cm³/mol. The first-order chi connectivity index (χ1) is 25.4. The standard InChI is InChI=1S/C23H19FO3.C22H23FO2/c24-22-14-20(27-23(25)18-6-7-18)12-13-21(22)17-8-10-19(11-9-17)26-15-16-4-2-1-3-5-16;23-21-14-19(25-22(24)18-10-11-18)12-13-20(21)17-8-6-16(7-9-17)15-4-2-1-3-5-15/h1-5,8-14,18H,6-7,15H2;6-9,12-15,18H,1-5,10-11H2. The third-order valence-electron chi connectivity index (χ3n) is 9.85. The minimum atomic E-state index is -0.422. The zero-order valence-corrected chi connectivity index (χ0v) is 29.1. The normalized spacial score (nSPS) is 15.6. The summed E-state index contributed by atoms with van der Waals surface area (Å²) < 4.78 is 45.1. The Morgan fingerprint density at radius 2 is 1.02 bits per heavy atom. The Kier molecular flexibility index (Phi) is 11.1. The lowest BCUT2D eigenvalue weighted by atomic mass is 9.84. The van der Waals surface area contributed by atoms with E-state index in [1.54, 1.807) is 24.3 Å². The van der Waals surface area contributed by atoms with Crippen molar-refractivity contribution in [2.75, 3.05) is 0 Å². The third kappa shape index (κ3) is 9.32. The van der Waals surface area contributed by atoms with Gasteiger partial charge in [0.15, 0.2) is 0 Å². The van der Waals surface area contributed by atoms with Gasteiger partial charge in [-0.2, -0.15) is 0 Å². The fourth-order valence-electron chi connectivity index (χ4n) is 6.47. The molecule has 8 rings (SSSR count). The van der Waals surface area contributed by atoms with Crippen molar-refractivity contribution in [3.05, 3.63) is 138 Å². The second kappa shape index (κ2) is 16.4. The van der Waals surface area contributed by atoms with Crippen LogP contribution in [0.3, 0.4) is 0 Å². The summed E-state index contributed by atoms with van der Waals surface area (Å²) in [6.07, 6.45) is 9.96. The molecule has 266 valence electrons. The molecule has 3 saturated carbocycles. The summed E-state index contributed by atoms with van der Waals surface area (Å²) in [7, 11) is 0. The number of carbonyl (C=O) groups is 2. The van der Waals surface area contributed by atoms with Crippen LogP contribution in [-0.2, 0) is 16.2 Å². The molecule has 0 atom stereocenters. The van der Waals surface area contributed by atoms with Gasteiger partial charge in [-0.3, -0.25) is 9.59 Å². The quantitative estimate of drug-likeness (QED) is 0.107. The van der Waals surface area contributed by atoms with Crippen molar-refractivity contribution in [1.82, 2.24) is 0 Å². The topological polar surface area (TPSA) is 61.8 Å². The molecule has 5 nitrogen and oxygen atoms in total. The van der Waals surface area contributed by atoms with Crippen molar-refractivity contribution in [1.29, 1.82) is 0 Å². The third-order valence-corrected chi connectivity index (χ3v) is 9.85. The van der Waals surface area contributed by atoms with E-state index >= 15 is 0 Å². The summed E-state index contributed by atoms with van der Waals surface area (Å²) in [5.74, 6) is 0.598. The molecule has 0 spiro atoms. The van der Waals surface area contributed by atoms with Crippen molar-refractivity contribution in [2.24, 2.45) is 11.8 Å². The van der Waals surface area contributed by atoms with Crippen LogP contribution in [0.15, 0.2) is 115 Å². The molecule has 0 unspecified atom stereocenters. The van der Waals surface area contributed by atoms with Crippen LogP contribution in [0.25, 0.3) is 22.3 Å². The highest BCUT2D eigenvalue weighted by atomic mass is 19.1. The predicted octanol–water partition coefficient (Wildman–Crippen LogP) is 11.2. The first kappa shape index (κ1) is 35.1. The van der Waals surface area contributed by atoms with Crippen molar-refractivity contribution >= 4 is 11.9 Å². The van der Waals surface area contributed by atoms with Crippen molar-refractivity contribution in [3.63, 3.8) is 0 Å². The first-order valence-corrected chi connectivity index (χ1v) is 18.3. The van der Waals surface area contributed by atoms with Crippen LogP contribution >= 0.6 is 0 Å². The molecule has 0 N–H and O–H groups in total. The van der Waals surface area contributed by atoms with Gasteiger partial charge in [-0.1, -0.05) is 86.0 Å². The average Bonchev–Trinajstić information content (AvgIpc) is 4.10. The molecular formula is C45H42F2O5. The largest absolute Gasteiger partial charge is 0.489 e. The highest BCUT2D eigenvalue weighted by molar-refractivity contribution is 5.78. The fraction of sp³-hybridized carbons (Fsp3) is 0.289. The molecule has 3 aliphatic carbocycles. The van der Waals surface area contributed by atoms with Gasteiger partial charge in [-0.05, 0) is 103 Å². The lowest BCUT2D eigenvalue weighted by molar-refractivity contribution is -0.136. The van der Waals surface area contributed by atoms with Gasteiger partial charge in [0.25, 0.3) is 0 Å². The Bertz CT molecular complexity index is 1980. The summed E-state index contributed by atoms with van der Waals surface area (Å²) in [6, 6.07) is 34.6. The molecule has 0 amide bonds. The maximum atomic E-state index is 14.5. The maximum Gasteiger partial charge on any atom is 0.314 e. The highest BCUT2D eigenvalue weighted by Gasteiger charge is 2.32. The van der Waals surface area contributed by atoms with Crippen molar-refractivity contribution in [3.8, 4) is 39.5 Å². The Balaban J connectivity index is 0.000000162. The second-order valence-corrected chi connectivity index (χ2v) is 13.9. The molecular weight excluding hydrogens is 658 g/mol. The number of rotatable bonds is 10. The number of hydrogen-bond acceptors (Lipinski definition) is 5. The first-order valence-electron chi connectivity index (χ1n) is 18.3. The van der Waals surface area contributed by atoms with E-state index in [1.807, 2.05) is 66.7 Å². The summed E-state index contributed by atoms with van der Waals surface area (Å²) in [5, 5.41) is 0. The number of esters is 2. The van der Waals surface area contributed by atoms with Crippen molar-refractivity contribution < 1.29 is 32.6 Å². The molecule has 5 aromatic rings. The second-order valence-electron chi connectivity index (χ2n) is 13.9. The highest BCUT2D eigenvalue weighted by Crippen LogP contribution is 2.36. The lowest BCUT2D eigenvalue weighted by Gasteiger charge is -2.22. The Morgan fingerprint density at radius 1 is 0.538 bits per heavy atom. The van der Waals surface area contributed by atoms with E-state index in [-0.39, 0.29) is 41.1 Å². The summed E-state index contributed by atoms with van der Waals surface area (Å²) in [5.41, 5.74) is 5.04. The molecule has 0 saturated heterocycles. The van der Waals surface area contributed by atoms with E-state index < -0.39 is 5.82 Å². The number of hydrogen-bond donors (Lipinski definition) is 0. The minimum Gasteiger partial charge on any atom is -0.489 e. The van der Waals surface area contributed by atoms with Gasteiger partial charge < -0.3 is 14.2 Å². The summed E-state index contributed by atoms with van der Waals surface area (Å²) >= 11 is 0. The van der Waals surface area contributed by atoms with Crippen LogP contribution < -0.4 is 14.2 Å². The summed E-state index contributed by atoms with van der Waals surface area (Å²) in [6.45, 7) is 0.482. The van der Waals surface area contributed by atoms with Crippen molar-refractivity contribution in [2.45, 2.75) is 70.3 Å². The molecule has 0 radical (unpaired) electrons. The van der Waals surface area contributed by atoms with Gasteiger partial charge in [0.05, 0.1) is 11.8 Å². The van der Waals surface area contributed by atoms with E-state index in [0.717, 1.165) is 48.1 Å². The fourth-order valence-corrected chi connectivity index (χ4v) is 6.47. The van der Waals surface area contributed by atoms with Crippen LogP contribution in [0, 0.1) is 23.5 Å². The molecule has 52 heavy (non-hydrogen) atoms. The van der Waals surface area contributed by atoms with Crippen LogP contribution in [0.4, 0.5) is 8.78 Å². The van der Waals surface area contributed by atoms with Crippen LogP contribution in [0.1, 0.15) is 74.8 Å². The zero-order chi connectivity index (χ0) is 35.9.